The van der Waals surface area contributed by atoms with Gasteiger partial charge in [0, 0.05) is 11.1 Å². The number of allylic oxidation sites excluding steroid dienone is 1. The molecule has 0 radical (unpaired) electrons. The number of nitrogens with zero attached hydrogens (tertiary/aromatic N) is 2. The lowest BCUT2D eigenvalue weighted by Gasteiger charge is -2.12. The van der Waals surface area contributed by atoms with Crippen molar-refractivity contribution in [3.63, 3.8) is 0 Å². The predicted molar refractivity (Wildman–Crippen MR) is 92.5 cm³/mol. The minimum absolute atomic E-state index is 0.264. The fraction of sp³-hybridized carbons (Fsp3) is 0.0476. The van der Waals surface area contributed by atoms with Crippen molar-refractivity contribution in [2.24, 2.45) is 0 Å². The molecule has 4 rings (SSSR count). The topological polar surface area (TPSA) is 36.7 Å². The van der Waals surface area contributed by atoms with Crippen LogP contribution in [0.1, 0.15) is 16.8 Å². The molecule has 0 spiro atoms. The molecular formula is C21H13FN2. The fourth-order valence-corrected chi connectivity index (χ4v) is 2.95. The molecule has 0 unspecified atom stereocenters. The molecule has 0 atom stereocenters. The van der Waals surface area contributed by atoms with Crippen molar-refractivity contribution >= 4 is 6.08 Å². The van der Waals surface area contributed by atoms with Gasteiger partial charge in [-0.1, -0.05) is 18.2 Å². The molecule has 0 N–H and O–H groups in total. The number of halogens is 1. The van der Waals surface area contributed by atoms with E-state index < -0.39 is 0 Å². The van der Waals surface area contributed by atoms with E-state index in [0.717, 1.165) is 34.5 Å². The van der Waals surface area contributed by atoms with Crippen LogP contribution in [0, 0.1) is 17.1 Å². The highest BCUT2D eigenvalue weighted by molar-refractivity contribution is 5.83. The molecule has 1 heterocycles. The van der Waals surface area contributed by atoms with E-state index in [-0.39, 0.29) is 5.82 Å². The van der Waals surface area contributed by atoms with Crippen molar-refractivity contribution in [2.45, 2.75) is 6.42 Å². The van der Waals surface area contributed by atoms with Gasteiger partial charge in [-0.3, -0.25) is 0 Å². The van der Waals surface area contributed by atoms with Gasteiger partial charge in [-0.2, -0.15) is 5.26 Å². The van der Waals surface area contributed by atoms with Crippen molar-refractivity contribution in [1.29, 1.82) is 5.26 Å². The molecule has 114 valence electrons. The maximum Gasteiger partial charge on any atom is 0.123 e. The number of pyridine rings is 1. The van der Waals surface area contributed by atoms with Crippen LogP contribution in [0.4, 0.5) is 4.39 Å². The van der Waals surface area contributed by atoms with E-state index in [1.807, 2.05) is 18.2 Å². The summed E-state index contributed by atoms with van der Waals surface area (Å²) in [4.78, 5) is 4.80. The molecule has 1 aliphatic carbocycles. The number of fused-ring (bicyclic) bond motifs is 1. The Balaban J connectivity index is 1.91. The van der Waals surface area contributed by atoms with Gasteiger partial charge >= 0.3 is 0 Å². The molecule has 3 heteroatoms. The minimum Gasteiger partial charge on any atom is -0.247 e. The largest absolute Gasteiger partial charge is 0.247 e. The van der Waals surface area contributed by atoms with Crippen LogP contribution in [0.5, 0.6) is 0 Å². The third-order valence-corrected chi connectivity index (χ3v) is 4.19. The maximum absolute atomic E-state index is 13.3. The number of nitriles is 1. The summed E-state index contributed by atoms with van der Waals surface area (Å²) in [5.74, 6) is -0.264. The van der Waals surface area contributed by atoms with Crippen LogP contribution in [-0.4, -0.2) is 4.98 Å². The first kappa shape index (κ1) is 14.3. The number of benzene rings is 2. The maximum atomic E-state index is 13.3. The second-order valence-corrected chi connectivity index (χ2v) is 5.73. The number of rotatable bonds is 2. The van der Waals surface area contributed by atoms with Gasteiger partial charge in [0.15, 0.2) is 0 Å². The lowest BCUT2D eigenvalue weighted by Crippen LogP contribution is -1.95. The van der Waals surface area contributed by atoms with Gasteiger partial charge in [0.25, 0.3) is 0 Å². The fourth-order valence-electron chi connectivity index (χ4n) is 2.95. The van der Waals surface area contributed by atoms with Crippen molar-refractivity contribution in [3.8, 4) is 28.5 Å². The normalized spacial score (nSPS) is 12.0. The van der Waals surface area contributed by atoms with Crippen molar-refractivity contribution in [1.82, 2.24) is 4.98 Å². The van der Waals surface area contributed by atoms with E-state index in [1.165, 1.54) is 17.7 Å². The van der Waals surface area contributed by atoms with Crippen molar-refractivity contribution in [3.05, 3.63) is 83.3 Å². The summed E-state index contributed by atoms with van der Waals surface area (Å²) in [7, 11) is 0. The van der Waals surface area contributed by atoms with Crippen LogP contribution >= 0.6 is 0 Å². The van der Waals surface area contributed by atoms with Gasteiger partial charge in [0.05, 0.1) is 23.0 Å². The molecule has 0 saturated heterocycles. The van der Waals surface area contributed by atoms with Gasteiger partial charge in [-0.15, -0.1) is 0 Å². The quantitative estimate of drug-likeness (QED) is 0.668. The Morgan fingerprint density at radius 1 is 0.958 bits per heavy atom. The lowest BCUT2D eigenvalue weighted by atomic mass is 9.96. The third-order valence-electron chi connectivity index (χ3n) is 4.19. The Morgan fingerprint density at radius 3 is 2.38 bits per heavy atom. The smallest absolute Gasteiger partial charge is 0.123 e. The number of hydrogen-bond donors (Lipinski definition) is 0. The van der Waals surface area contributed by atoms with Gasteiger partial charge in [0.2, 0.25) is 0 Å². The summed E-state index contributed by atoms with van der Waals surface area (Å²) in [5.41, 5.74) is 6.46. The summed E-state index contributed by atoms with van der Waals surface area (Å²) < 4.78 is 13.3. The van der Waals surface area contributed by atoms with Gasteiger partial charge in [0.1, 0.15) is 5.82 Å². The Labute approximate surface area is 139 Å². The first-order valence-corrected chi connectivity index (χ1v) is 7.71. The van der Waals surface area contributed by atoms with Gasteiger partial charge in [-0.25, -0.2) is 9.37 Å². The van der Waals surface area contributed by atoms with E-state index in [9.17, 15) is 4.39 Å². The second-order valence-electron chi connectivity index (χ2n) is 5.73. The molecule has 0 fully saturated rings. The monoisotopic (exact) mass is 312 g/mol. The summed E-state index contributed by atoms with van der Waals surface area (Å²) in [5, 5.41) is 8.98. The van der Waals surface area contributed by atoms with Gasteiger partial charge < -0.3 is 0 Å². The Morgan fingerprint density at radius 2 is 1.67 bits per heavy atom. The molecule has 1 aromatic heterocycles. The zero-order valence-electron chi connectivity index (χ0n) is 12.8. The molecule has 3 aromatic rings. The highest BCUT2D eigenvalue weighted by Gasteiger charge is 2.15. The predicted octanol–water partition coefficient (Wildman–Crippen LogP) is 5.00. The highest BCUT2D eigenvalue weighted by Crippen LogP contribution is 2.34. The molecule has 0 aliphatic heterocycles. The Hall–Kier alpha value is -3.25. The SMILES string of the molecule is N#Cc1ccc(-c2cc3c(nc2-c2ccc(F)cc2)C=CC3)cc1. The zero-order chi connectivity index (χ0) is 16.5. The van der Waals surface area contributed by atoms with Crippen LogP contribution in [0.15, 0.2) is 60.7 Å². The van der Waals surface area contributed by atoms with Crippen molar-refractivity contribution < 1.29 is 4.39 Å². The molecule has 0 bridgehead atoms. The van der Waals surface area contributed by atoms with E-state index in [1.54, 1.807) is 24.3 Å². The average Bonchev–Trinajstić information content (AvgIpc) is 3.09. The first-order chi connectivity index (χ1) is 11.7. The molecule has 0 saturated carbocycles. The molecule has 2 aromatic carbocycles. The average molecular weight is 312 g/mol. The second kappa shape index (κ2) is 5.75. The molecule has 24 heavy (non-hydrogen) atoms. The van der Waals surface area contributed by atoms with Gasteiger partial charge in [-0.05, 0) is 66.1 Å². The van der Waals surface area contributed by atoms with E-state index in [4.69, 9.17) is 10.2 Å². The summed E-state index contributed by atoms with van der Waals surface area (Å²) in [6.07, 6.45) is 4.98. The van der Waals surface area contributed by atoms with Crippen LogP contribution in [0.25, 0.3) is 28.5 Å². The lowest BCUT2D eigenvalue weighted by molar-refractivity contribution is 0.628. The Kier molecular flexibility index (Phi) is 3.44. The highest BCUT2D eigenvalue weighted by atomic mass is 19.1. The third kappa shape index (κ3) is 2.49. The van der Waals surface area contributed by atoms with Crippen LogP contribution in [0.3, 0.4) is 0 Å². The van der Waals surface area contributed by atoms with Crippen LogP contribution in [0.2, 0.25) is 0 Å². The van der Waals surface area contributed by atoms with E-state index >= 15 is 0 Å². The molecule has 1 aliphatic rings. The van der Waals surface area contributed by atoms with E-state index in [0.29, 0.717) is 5.56 Å². The molecular weight excluding hydrogens is 299 g/mol. The van der Waals surface area contributed by atoms with E-state index in [2.05, 4.69) is 18.2 Å². The zero-order valence-corrected chi connectivity index (χ0v) is 12.8. The number of hydrogen-bond acceptors (Lipinski definition) is 2. The molecule has 0 amide bonds. The summed E-state index contributed by atoms with van der Waals surface area (Å²) in [6.45, 7) is 0. The first-order valence-electron chi connectivity index (χ1n) is 7.71. The standard InChI is InChI=1S/C21H13FN2/c22-18-10-8-16(9-11-18)21-19(12-17-2-1-3-20(17)24-21)15-6-4-14(13-23)5-7-15/h1,3-12H,2H2. The van der Waals surface area contributed by atoms with Crippen molar-refractivity contribution in [2.75, 3.05) is 0 Å². The summed E-state index contributed by atoms with van der Waals surface area (Å²) in [6, 6.07) is 18.1. The molecule has 2 nitrogen and oxygen atoms in total. The van der Waals surface area contributed by atoms with Crippen LogP contribution in [-0.2, 0) is 6.42 Å². The minimum atomic E-state index is -0.264. The number of aromatic nitrogens is 1. The van der Waals surface area contributed by atoms with Crippen LogP contribution < -0.4 is 0 Å². The Bertz CT molecular complexity index is 978. The summed E-state index contributed by atoms with van der Waals surface area (Å²) >= 11 is 0.